The summed E-state index contributed by atoms with van der Waals surface area (Å²) >= 11 is 0. The fraction of sp³-hybridized carbons (Fsp3) is 0.143. The molecule has 0 radical (unpaired) electrons. The van der Waals surface area contributed by atoms with E-state index in [9.17, 15) is 0 Å². The molecule has 0 heterocycles. The fourth-order valence-electron chi connectivity index (χ4n) is 5.30. The van der Waals surface area contributed by atoms with Crippen molar-refractivity contribution in [2.45, 2.75) is 32.6 Å². The Morgan fingerprint density at radius 3 is 2.50 bits per heavy atom. The van der Waals surface area contributed by atoms with Gasteiger partial charge in [-0.05, 0) is 76.6 Å². The van der Waals surface area contributed by atoms with Gasteiger partial charge in [-0.25, -0.2) is 0 Å². The number of fused-ring (bicyclic) bond motifs is 2. The predicted molar refractivity (Wildman–Crippen MR) is 157 cm³/mol. The minimum absolute atomic E-state index is 0.0298. The molecule has 0 fully saturated rings. The standard InChI is InChI=1S/C35H33N/c1-5-7-14-25(6-2)27-19-22-34(31(23-27)26-15-10-8-11-16-26)36-28-20-21-30-29-17-12-9-13-18-32(29)35(3,4)33(30)24-28/h5-8,10-24,36H,1,9H2,2-4H3/b14-7-,25-6+. The highest BCUT2D eigenvalue weighted by Gasteiger charge is 2.36. The Kier molecular flexibility index (Phi) is 6.48. The van der Waals surface area contributed by atoms with Crippen molar-refractivity contribution in [1.29, 1.82) is 0 Å². The Hall–Kier alpha value is -4.10. The zero-order valence-electron chi connectivity index (χ0n) is 21.4. The van der Waals surface area contributed by atoms with Gasteiger partial charge >= 0.3 is 0 Å². The molecule has 0 saturated carbocycles. The Balaban J connectivity index is 1.55. The SMILES string of the molecule is C=C/C=C\C(=C/C)c1ccc(Nc2ccc3c(c2)C(C)(C)C2=C3C=CCC=C2)c(-c2ccccc2)c1. The molecule has 1 nitrogen and oxygen atoms in total. The molecule has 178 valence electrons. The van der Waals surface area contributed by atoms with Crippen molar-refractivity contribution < 1.29 is 0 Å². The van der Waals surface area contributed by atoms with E-state index < -0.39 is 0 Å². The predicted octanol–water partition coefficient (Wildman–Crippen LogP) is 9.80. The Morgan fingerprint density at radius 1 is 0.917 bits per heavy atom. The first-order valence-corrected chi connectivity index (χ1v) is 12.7. The van der Waals surface area contributed by atoms with E-state index in [-0.39, 0.29) is 5.41 Å². The molecular weight excluding hydrogens is 434 g/mol. The molecule has 0 aromatic heterocycles. The van der Waals surface area contributed by atoms with Crippen molar-refractivity contribution in [3.8, 4) is 11.1 Å². The van der Waals surface area contributed by atoms with Crippen LogP contribution in [0.2, 0.25) is 0 Å². The Labute approximate surface area is 215 Å². The van der Waals surface area contributed by atoms with Crippen LogP contribution in [0.1, 0.15) is 43.9 Å². The van der Waals surface area contributed by atoms with Crippen LogP contribution in [-0.4, -0.2) is 0 Å². The lowest BCUT2D eigenvalue weighted by atomic mass is 9.81. The third kappa shape index (κ3) is 4.33. The van der Waals surface area contributed by atoms with Crippen molar-refractivity contribution in [3.05, 3.63) is 144 Å². The number of hydrogen-bond acceptors (Lipinski definition) is 1. The molecule has 0 aliphatic heterocycles. The van der Waals surface area contributed by atoms with Gasteiger partial charge in [0.15, 0.2) is 0 Å². The summed E-state index contributed by atoms with van der Waals surface area (Å²) in [5.74, 6) is 0. The second kappa shape index (κ2) is 9.87. The molecule has 0 amide bonds. The number of hydrogen-bond donors (Lipinski definition) is 1. The molecule has 0 spiro atoms. The van der Waals surface area contributed by atoms with Gasteiger partial charge in [-0.3, -0.25) is 0 Å². The van der Waals surface area contributed by atoms with Gasteiger partial charge in [-0.15, -0.1) is 0 Å². The van der Waals surface area contributed by atoms with E-state index in [1.165, 1.54) is 44.5 Å². The maximum absolute atomic E-state index is 3.82. The lowest BCUT2D eigenvalue weighted by Gasteiger charge is -2.24. The van der Waals surface area contributed by atoms with Crippen LogP contribution in [0.5, 0.6) is 0 Å². The number of allylic oxidation sites excluding steroid dienone is 11. The number of rotatable bonds is 6. The fourth-order valence-corrected chi connectivity index (χ4v) is 5.30. The van der Waals surface area contributed by atoms with Gasteiger partial charge in [0, 0.05) is 22.4 Å². The van der Waals surface area contributed by atoms with Crippen LogP contribution in [0.15, 0.2) is 127 Å². The minimum Gasteiger partial charge on any atom is -0.355 e. The molecule has 5 rings (SSSR count). The molecule has 0 atom stereocenters. The molecule has 2 aliphatic carbocycles. The van der Waals surface area contributed by atoms with Gasteiger partial charge < -0.3 is 5.32 Å². The number of anilines is 2. The molecule has 1 N–H and O–H groups in total. The average Bonchev–Trinajstić information content (AvgIpc) is 3.06. The van der Waals surface area contributed by atoms with Crippen molar-refractivity contribution in [3.63, 3.8) is 0 Å². The molecule has 3 aromatic rings. The van der Waals surface area contributed by atoms with E-state index in [1.54, 1.807) is 0 Å². The van der Waals surface area contributed by atoms with Gasteiger partial charge in [0.05, 0.1) is 0 Å². The summed E-state index contributed by atoms with van der Waals surface area (Å²) in [6.07, 6.45) is 18.2. The van der Waals surface area contributed by atoms with Crippen LogP contribution in [-0.2, 0) is 5.41 Å². The molecule has 3 aromatic carbocycles. The van der Waals surface area contributed by atoms with Crippen LogP contribution in [0.3, 0.4) is 0 Å². The quantitative estimate of drug-likeness (QED) is 0.356. The summed E-state index contributed by atoms with van der Waals surface area (Å²) in [6, 6.07) is 24.1. The van der Waals surface area contributed by atoms with E-state index in [0.717, 1.165) is 17.8 Å². The molecule has 1 heteroatoms. The maximum Gasteiger partial charge on any atom is 0.0464 e. The summed E-state index contributed by atoms with van der Waals surface area (Å²) in [6.45, 7) is 10.6. The highest BCUT2D eigenvalue weighted by atomic mass is 14.9. The van der Waals surface area contributed by atoms with Crippen LogP contribution in [0.4, 0.5) is 11.4 Å². The van der Waals surface area contributed by atoms with E-state index in [1.807, 2.05) is 12.2 Å². The number of benzene rings is 3. The van der Waals surface area contributed by atoms with Crippen molar-refractivity contribution in [2.24, 2.45) is 0 Å². The average molecular weight is 468 g/mol. The van der Waals surface area contributed by atoms with E-state index in [0.29, 0.717) is 0 Å². The Morgan fingerprint density at radius 2 is 1.72 bits per heavy atom. The first-order valence-electron chi connectivity index (χ1n) is 12.7. The smallest absolute Gasteiger partial charge is 0.0464 e. The van der Waals surface area contributed by atoms with Gasteiger partial charge in [0.25, 0.3) is 0 Å². The number of nitrogens with one attached hydrogen (secondary N) is 1. The Bertz CT molecular complexity index is 1460. The monoisotopic (exact) mass is 467 g/mol. The maximum atomic E-state index is 3.82. The zero-order valence-corrected chi connectivity index (χ0v) is 21.4. The summed E-state index contributed by atoms with van der Waals surface area (Å²) in [4.78, 5) is 0. The minimum atomic E-state index is -0.0298. The normalized spacial score (nSPS) is 16.1. The summed E-state index contributed by atoms with van der Waals surface area (Å²) < 4.78 is 0. The highest BCUT2D eigenvalue weighted by Crippen LogP contribution is 2.49. The summed E-state index contributed by atoms with van der Waals surface area (Å²) in [7, 11) is 0. The van der Waals surface area contributed by atoms with Gasteiger partial charge in [0.2, 0.25) is 0 Å². The molecule has 0 saturated heterocycles. The first-order chi connectivity index (χ1) is 17.5. The zero-order chi connectivity index (χ0) is 25.1. The van der Waals surface area contributed by atoms with Gasteiger partial charge in [-0.2, -0.15) is 0 Å². The summed E-state index contributed by atoms with van der Waals surface area (Å²) in [5.41, 5.74) is 12.4. The van der Waals surface area contributed by atoms with E-state index >= 15 is 0 Å². The second-order valence-electron chi connectivity index (χ2n) is 9.84. The van der Waals surface area contributed by atoms with Crippen LogP contribution in [0.25, 0.3) is 22.3 Å². The van der Waals surface area contributed by atoms with E-state index in [4.69, 9.17) is 0 Å². The second-order valence-corrected chi connectivity index (χ2v) is 9.84. The van der Waals surface area contributed by atoms with Crippen LogP contribution in [0, 0.1) is 0 Å². The highest BCUT2D eigenvalue weighted by molar-refractivity contribution is 5.90. The third-order valence-corrected chi connectivity index (χ3v) is 7.23. The largest absolute Gasteiger partial charge is 0.355 e. The van der Waals surface area contributed by atoms with Gasteiger partial charge in [-0.1, -0.05) is 111 Å². The molecule has 2 aliphatic rings. The lowest BCUT2D eigenvalue weighted by molar-refractivity contribution is 0.654. The van der Waals surface area contributed by atoms with Crippen molar-refractivity contribution >= 4 is 22.5 Å². The van der Waals surface area contributed by atoms with Crippen LogP contribution >= 0.6 is 0 Å². The molecular formula is C35H33N. The lowest BCUT2D eigenvalue weighted by Crippen LogP contribution is -2.16. The summed E-state index contributed by atoms with van der Waals surface area (Å²) in [5, 5.41) is 3.75. The van der Waals surface area contributed by atoms with Crippen molar-refractivity contribution in [1.82, 2.24) is 0 Å². The molecule has 0 unspecified atom stereocenters. The topological polar surface area (TPSA) is 12.0 Å². The molecule has 0 bridgehead atoms. The van der Waals surface area contributed by atoms with Crippen LogP contribution < -0.4 is 5.32 Å². The first kappa shape index (κ1) is 23.6. The third-order valence-electron chi connectivity index (χ3n) is 7.23. The van der Waals surface area contributed by atoms with Gasteiger partial charge in [0.1, 0.15) is 0 Å². The van der Waals surface area contributed by atoms with Crippen molar-refractivity contribution in [2.75, 3.05) is 5.32 Å². The van der Waals surface area contributed by atoms with E-state index in [2.05, 4.69) is 136 Å². The molecule has 36 heavy (non-hydrogen) atoms.